The monoisotopic (exact) mass is 275 g/mol. The van der Waals surface area contributed by atoms with Crippen LogP contribution in [-0.2, 0) is 4.79 Å². The largest absolute Gasteiger partial charge is 0.491 e. The van der Waals surface area contributed by atoms with Crippen molar-refractivity contribution in [2.24, 2.45) is 5.73 Å². The van der Waals surface area contributed by atoms with Crippen molar-refractivity contribution in [3.8, 4) is 11.8 Å². The van der Waals surface area contributed by atoms with Crippen LogP contribution >= 0.6 is 0 Å². The van der Waals surface area contributed by atoms with Gasteiger partial charge in [-0.1, -0.05) is 13.3 Å². The van der Waals surface area contributed by atoms with E-state index in [4.69, 9.17) is 15.7 Å². The fraction of sp³-hybridized carbons (Fsp3) is 0.467. The summed E-state index contributed by atoms with van der Waals surface area (Å²) >= 11 is 0. The van der Waals surface area contributed by atoms with Gasteiger partial charge in [-0.3, -0.25) is 4.79 Å². The van der Waals surface area contributed by atoms with E-state index in [1.807, 2.05) is 19.9 Å². The third kappa shape index (κ3) is 5.29. The highest BCUT2D eigenvalue weighted by atomic mass is 16.5. The fourth-order valence-corrected chi connectivity index (χ4v) is 1.68. The van der Waals surface area contributed by atoms with E-state index < -0.39 is 6.04 Å². The number of hydrogen-bond acceptors (Lipinski definition) is 4. The van der Waals surface area contributed by atoms with Gasteiger partial charge in [0.1, 0.15) is 12.4 Å². The van der Waals surface area contributed by atoms with Crippen LogP contribution in [0.15, 0.2) is 24.3 Å². The average Bonchev–Trinajstić information content (AvgIpc) is 2.45. The molecule has 0 fully saturated rings. The molecule has 3 N–H and O–H groups in total. The molecule has 5 nitrogen and oxygen atoms in total. The minimum Gasteiger partial charge on any atom is -0.491 e. The molecule has 0 aliphatic rings. The predicted octanol–water partition coefficient (Wildman–Crippen LogP) is 1.57. The molecule has 0 spiro atoms. The van der Waals surface area contributed by atoms with Crippen LogP contribution in [0.3, 0.4) is 0 Å². The Balaban J connectivity index is 2.37. The second-order valence-corrected chi connectivity index (χ2v) is 4.75. The SMILES string of the molecule is CCC[C@H](N)C(=O)NC(C)COc1ccc(C#N)cc1. The highest BCUT2D eigenvalue weighted by Crippen LogP contribution is 2.11. The van der Waals surface area contributed by atoms with E-state index >= 15 is 0 Å². The van der Waals surface area contributed by atoms with Gasteiger partial charge in [0.2, 0.25) is 5.91 Å². The normalized spacial score (nSPS) is 13.1. The van der Waals surface area contributed by atoms with Gasteiger partial charge in [0.05, 0.1) is 23.7 Å². The van der Waals surface area contributed by atoms with Crippen molar-refractivity contribution < 1.29 is 9.53 Å². The first-order valence-electron chi connectivity index (χ1n) is 6.75. The van der Waals surface area contributed by atoms with Gasteiger partial charge in [0, 0.05) is 0 Å². The number of nitrogens with zero attached hydrogens (tertiary/aromatic N) is 1. The molecule has 0 aliphatic carbocycles. The minimum absolute atomic E-state index is 0.124. The molecule has 1 amide bonds. The molecule has 20 heavy (non-hydrogen) atoms. The second-order valence-electron chi connectivity index (χ2n) is 4.75. The molecule has 0 aliphatic heterocycles. The number of amides is 1. The number of nitriles is 1. The van der Waals surface area contributed by atoms with Crippen LogP contribution in [0, 0.1) is 11.3 Å². The third-order valence-electron chi connectivity index (χ3n) is 2.81. The summed E-state index contributed by atoms with van der Waals surface area (Å²) in [4.78, 5) is 11.7. The van der Waals surface area contributed by atoms with Crippen LogP contribution < -0.4 is 15.8 Å². The zero-order valence-corrected chi connectivity index (χ0v) is 11.9. The summed E-state index contributed by atoms with van der Waals surface area (Å²) in [6.45, 7) is 4.21. The number of benzene rings is 1. The van der Waals surface area contributed by atoms with E-state index in [0.717, 1.165) is 6.42 Å². The minimum atomic E-state index is -0.461. The number of rotatable bonds is 7. The molecule has 0 aromatic heterocycles. The first kappa shape index (κ1) is 16.0. The summed E-state index contributed by atoms with van der Waals surface area (Å²) in [6, 6.07) is 8.30. The van der Waals surface area contributed by atoms with Crippen molar-refractivity contribution in [2.75, 3.05) is 6.61 Å². The lowest BCUT2D eigenvalue weighted by Crippen LogP contribution is -2.46. The zero-order chi connectivity index (χ0) is 15.0. The number of ether oxygens (including phenoxy) is 1. The molecule has 0 bridgehead atoms. The van der Waals surface area contributed by atoms with Crippen molar-refractivity contribution in [2.45, 2.75) is 38.8 Å². The molecule has 108 valence electrons. The summed E-state index contributed by atoms with van der Waals surface area (Å²) < 4.78 is 5.54. The highest BCUT2D eigenvalue weighted by molar-refractivity contribution is 5.81. The molecule has 0 heterocycles. The lowest BCUT2D eigenvalue weighted by atomic mass is 10.1. The Kier molecular flexibility index (Phi) is 6.54. The van der Waals surface area contributed by atoms with E-state index in [9.17, 15) is 4.79 Å². The molecule has 5 heteroatoms. The topological polar surface area (TPSA) is 88.1 Å². The fourth-order valence-electron chi connectivity index (χ4n) is 1.68. The van der Waals surface area contributed by atoms with Crippen molar-refractivity contribution in [3.05, 3.63) is 29.8 Å². The van der Waals surface area contributed by atoms with Crippen LogP contribution in [0.4, 0.5) is 0 Å². The number of carbonyl (C=O) groups excluding carboxylic acids is 1. The van der Waals surface area contributed by atoms with Crippen molar-refractivity contribution in [1.29, 1.82) is 5.26 Å². The summed E-state index contributed by atoms with van der Waals surface area (Å²) in [7, 11) is 0. The Bertz CT molecular complexity index is 465. The summed E-state index contributed by atoms with van der Waals surface area (Å²) in [5.41, 5.74) is 6.32. The molecule has 1 unspecified atom stereocenters. The van der Waals surface area contributed by atoms with E-state index in [-0.39, 0.29) is 11.9 Å². The van der Waals surface area contributed by atoms with Gasteiger partial charge in [-0.25, -0.2) is 0 Å². The predicted molar refractivity (Wildman–Crippen MR) is 77.1 cm³/mol. The lowest BCUT2D eigenvalue weighted by molar-refractivity contribution is -0.123. The van der Waals surface area contributed by atoms with Crippen LogP contribution in [0.2, 0.25) is 0 Å². The maximum atomic E-state index is 11.7. The molecule has 1 rings (SSSR count). The summed E-state index contributed by atoms with van der Waals surface area (Å²) in [5.74, 6) is 0.519. The Hall–Kier alpha value is -2.06. The Morgan fingerprint density at radius 2 is 2.10 bits per heavy atom. The van der Waals surface area contributed by atoms with E-state index in [1.165, 1.54) is 0 Å². The number of nitrogens with two attached hydrogens (primary N) is 1. The van der Waals surface area contributed by atoms with Crippen LogP contribution in [-0.4, -0.2) is 24.6 Å². The smallest absolute Gasteiger partial charge is 0.237 e. The molecular weight excluding hydrogens is 254 g/mol. The second kappa shape index (κ2) is 8.18. The molecule has 1 aromatic carbocycles. The number of carbonyl (C=O) groups is 1. The van der Waals surface area contributed by atoms with Crippen LogP contribution in [0.5, 0.6) is 5.75 Å². The molecule has 0 saturated carbocycles. The Morgan fingerprint density at radius 3 is 2.65 bits per heavy atom. The highest BCUT2D eigenvalue weighted by Gasteiger charge is 2.14. The van der Waals surface area contributed by atoms with Gasteiger partial charge < -0.3 is 15.8 Å². The lowest BCUT2D eigenvalue weighted by Gasteiger charge is -2.17. The van der Waals surface area contributed by atoms with Crippen molar-refractivity contribution in [1.82, 2.24) is 5.32 Å². The van der Waals surface area contributed by atoms with Crippen LogP contribution in [0.25, 0.3) is 0 Å². The molecule has 1 aromatic rings. The maximum absolute atomic E-state index is 11.7. The number of hydrogen-bond donors (Lipinski definition) is 2. The number of nitrogens with one attached hydrogen (secondary N) is 1. The summed E-state index contributed by atoms with van der Waals surface area (Å²) in [5, 5.41) is 11.5. The molecule has 0 radical (unpaired) electrons. The van der Waals surface area contributed by atoms with Gasteiger partial charge in [-0.05, 0) is 37.6 Å². The average molecular weight is 275 g/mol. The first-order chi connectivity index (χ1) is 9.56. The van der Waals surface area contributed by atoms with E-state index in [0.29, 0.717) is 24.3 Å². The maximum Gasteiger partial charge on any atom is 0.237 e. The Labute approximate surface area is 119 Å². The zero-order valence-electron chi connectivity index (χ0n) is 11.9. The van der Waals surface area contributed by atoms with E-state index in [1.54, 1.807) is 24.3 Å². The standard InChI is InChI=1S/C15H21N3O2/c1-3-4-14(17)15(19)18-11(2)10-20-13-7-5-12(9-16)6-8-13/h5-8,11,14H,3-4,10,17H2,1-2H3,(H,18,19)/t11?,14-/m0/s1. The molecule has 2 atom stereocenters. The summed E-state index contributed by atoms with van der Waals surface area (Å²) in [6.07, 6.45) is 1.56. The third-order valence-corrected chi connectivity index (χ3v) is 2.81. The van der Waals surface area contributed by atoms with Gasteiger partial charge in [0.15, 0.2) is 0 Å². The molecule has 0 saturated heterocycles. The molecular formula is C15H21N3O2. The van der Waals surface area contributed by atoms with Crippen LogP contribution in [0.1, 0.15) is 32.3 Å². The first-order valence-corrected chi connectivity index (χ1v) is 6.75. The van der Waals surface area contributed by atoms with Crippen molar-refractivity contribution >= 4 is 5.91 Å². The van der Waals surface area contributed by atoms with Gasteiger partial charge >= 0.3 is 0 Å². The van der Waals surface area contributed by atoms with Gasteiger partial charge in [-0.15, -0.1) is 0 Å². The van der Waals surface area contributed by atoms with Gasteiger partial charge in [-0.2, -0.15) is 5.26 Å². The quantitative estimate of drug-likeness (QED) is 0.790. The van der Waals surface area contributed by atoms with Gasteiger partial charge in [0.25, 0.3) is 0 Å². The Morgan fingerprint density at radius 1 is 1.45 bits per heavy atom. The van der Waals surface area contributed by atoms with E-state index in [2.05, 4.69) is 5.32 Å². The van der Waals surface area contributed by atoms with Crippen molar-refractivity contribution in [3.63, 3.8) is 0 Å².